The molecule has 94 valence electrons. The van der Waals surface area contributed by atoms with Gasteiger partial charge in [-0.1, -0.05) is 0 Å². The number of hydrogen-bond acceptors (Lipinski definition) is 2. The Kier molecular flexibility index (Phi) is 3.26. The van der Waals surface area contributed by atoms with E-state index in [0.29, 0.717) is 12.2 Å². The van der Waals surface area contributed by atoms with E-state index in [1.54, 1.807) is 16.9 Å². The first kappa shape index (κ1) is 12.2. The first-order chi connectivity index (χ1) is 8.03. The lowest BCUT2D eigenvalue weighted by atomic mass is 9.83. The van der Waals surface area contributed by atoms with Gasteiger partial charge in [0.25, 0.3) is 0 Å². The van der Waals surface area contributed by atoms with Crippen LogP contribution in [0.25, 0.3) is 0 Å². The van der Waals surface area contributed by atoms with E-state index in [4.69, 9.17) is 0 Å². The number of aromatic nitrogens is 2. The largest absolute Gasteiger partial charge is 0.292 e. The maximum absolute atomic E-state index is 13.0. The summed E-state index contributed by atoms with van der Waals surface area (Å²) in [7, 11) is 0. The van der Waals surface area contributed by atoms with E-state index in [1.807, 2.05) is 6.92 Å². The molecule has 0 spiro atoms. The molecule has 1 saturated carbocycles. The Labute approximate surface area is 98.8 Å². The van der Waals surface area contributed by atoms with Crippen molar-refractivity contribution in [2.75, 3.05) is 0 Å². The fourth-order valence-corrected chi connectivity index (χ4v) is 2.31. The SMILES string of the molecule is CCn1nccc1C(=O)C1CCC(F)(F)CC1. The summed E-state index contributed by atoms with van der Waals surface area (Å²) in [5.41, 5.74) is 0.544. The number of Topliss-reactive ketones (excluding diaryl/α,β-unsaturated/α-hetero) is 1. The molecule has 17 heavy (non-hydrogen) atoms. The third-order valence-corrected chi connectivity index (χ3v) is 3.36. The highest BCUT2D eigenvalue weighted by Crippen LogP contribution is 2.37. The van der Waals surface area contributed by atoms with Gasteiger partial charge in [0, 0.05) is 31.5 Å². The van der Waals surface area contributed by atoms with Crippen molar-refractivity contribution in [3.8, 4) is 0 Å². The minimum Gasteiger partial charge on any atom is -0.292 e. The normalized spacial score (nSPS) is 20.4. The van der Waals surface area contributed by atoms with Crippen LogP contribution in [0, 0.1) is 5.92 Å². The summed E-state index contributed by atoms with van der Waals surface area (Å²) in [5, 5.41) is 4.03. The topological polar surface area (TPSA) is 34.9 Å². The Balaban J connectivity index is 2.07. The minimum absolute atomic E-state index is 0.0418. The molecule has 0 amide bonds. The van der Waals surface area contributed by atoms with Crippen LogP contribution in [0.4, 0.5) is 8.78 Å². The maximum Gasteiger partial charge on any atom is 0.248 e. The summed E-state index contributed by atoms with van der Waals surface area (Å²) in [4.78, 5) is 12.1. The zero-order valence-electron chi connectivity index (χ0n) is 9.83. The third kappa shape index (κ3) is 2.53. The van der Waals surface area contributed by atoms with Crippen molar-refractivity contribution >= 4 is 5.78 Å². The lowest BCUT2D eigenvalue weighted by Gasteiger charge is -2.27. The number of carbonyl (C=O) groups excluding carboxylic acids is 1. The fraction of sp³-hybridized carbons (Fsp3) is 0.667. The summed E-state index contributed by atoms with van der Waals surface area (Å²) in [5.74, 6) is -2.89. The molecular weight excluding hydrogens is 226 g/mol. The van der Waals surface area contributed by atoms with Crippen molar-refractivity contribution in [2.45, 2.75) is 45.1 Å². The summed E-state index contributed by atoms with van der Waals surface area (Å²) in [6, 6.07) is 1.67. The molecule has 0 bridgehead atoms. The molecular formula is C12H16F2N2O. The van der Waals surface area contributed by atoms with Gasteiger partial charge in [-0.2, -0.15) is 5.10 Å². The van der Waals surface area contributed by atoms with Gasteiger partial charge in [-0.15, -0.1) is 0 Å². The van der Waals surface area contributed by atoms with Gasteiger partial charge in [-0.05, 0) is 25.8 Å². The number of hydrogen-bond donors (Lipinski definition) is 0. The van der Waals surface area contributed by atoms with E-state index in [0.717, 1.165) is 0 Å². The van der Waals surface area contributed by atoms with Crippen LogP contribution in [0.2, 0.25) is 0 Å². The zero-order valence-corrected chi connectivity index (χ0v) is 9.83. The molecule has 1 fully saturated rings. The number of carbonyl (C=O) groups is 1. The molecule has 0 aromatic carbocycles. The second kappa shape index (κ2) is 4.55. The smallest absolute Gasteiger partial charge is 0.248 e. The molecule has 0 N–H and O–H groups in total. The van der Waals surface area contributed by atoms with E-state index >= 15 is 0 Å². The van der Waals surface area contributed by atoms with E-state index in [-0.39, 0.29) is 37.4 Å². The van der Waals surface area contributed by atoms with Crippen molar-refractivity contribution in [3.05, 3.63) is 18.0 Å². The van der Waals surface area contributed by atoms with E-state index in [2.05, 4.69) is 5.10 Å². The molecule has 0 saturated heterocycles. The number of aryl methyl sites for hydroxylation is 1. The number of halogens is 2. The van der Waals surface area contributed by atoms with Crippen LogP contribution in [0.15, 0.2) is 12.3 Å². The van der Waals surface area contributed by atoms with Gasteiger partial charge in [0.1, 0.15) is 5.69 Å². The first-order valence-corrected chi connectivity index (χ1v) is 5.97. The van der Waals surface area contributed by atoms with Gasteiger partial charge in [0.2, 0.25) is 5.92 Å². The Morgan fingerprint density at radius 3 is 2.76 bits per heavy atom. The summed E-state index contributed by atoms with van der Waals surface area (Å²) < 4.78 is 27.6. The number of rotatable bonds is 3. The molecule has 3 nitrogen and oxygen atoms in total. The van der Waals surface area contributed by atoms with Crippen molar-refractivity contribution in [1.29, 1.82) is 0 Å². The molecule has 1 aliphatic rings. The molecule has 0 aliphatic heterocycles. The number of ketones is 1. The quantitative estimate of drug-likeness (QED) is 0.764. The van der Waals surface area contributed by atoms with Crippen LogP contribution in [-0.2, 0) is 6.54 Å². The maximum atomic E-state index is 13.0. The minimum atomic E-state index is -2.58. The summed E-state index contributed by atoms with van der Waals surface area (Å²) >= 11 is 0. The van der Waals surface area contributed by atoms with Gasteiger partial charge < -0.3 is 0 Å². The number of alkyl halides is 2. The monoisotopic (exact) mass is 242 g/mol. The Hall–Kier alpha value is -1.26. The van der Waals surface area contributed by atoms with Crippen LogP contribution >= 0.6 is 0 Å². The Morgan fingerprint density at radius 2 is 2.18 bits per heavy atom. The molecule has 1 aromatic rings. The van der Waals surface area contributed by atoms with Crippen molar-refractivity contribution in [3.63, 3.8) is 0 Å². The van der Waals surface area contributed by atoms with Gasteiger partial charge in [-0.3, -0.25) is 9.48 Å². The molecule has 1 aromatic heterocycles. The van der Waals surface area contributed by atoms with Crippen LogP contribution in [0.1, 0.15) is 43.1 Å². The van der Waals surface area contributed by atoms with Crippen molar-refractivity contribution in [2.24, 2.45) is 5.92 Å². The highest BCUT2D eigenvalue weighted by molar-refractivity contribution is 5.96. The molecule has 0 atom stereocenters. The average Bonchev–Trinajstić information content (AvgIpc) is 2.76. The lowest BCUT2D eigenvalue weighted by Crippen LogP contribution is -2.29. The van der Waals surface area contributed by atoms with Crippen LogP contribution in [0.3, 0.4) is 0 Å². The Morgan fingerprint density at radius 1 is 1.53 bits per heavy atom. The van der Waals surface area contributed by atoms with Gasteiger partial charge in [0.05, 0.1) is 0 Å². The molecule has 1 heterocycles. The van der Waals surface area contributed by atoms with Crippen LogP contribution in [-0.4, -0.2) is 21.5 Å². The standard InChI is InChI=1S/C12H16F2N2O/c1-2-16-10(5-8-15-16)11(17)9-3-6-12(13,14)7-4-9/h5,8-9H,2-4,6-7H2,1H3. The van der Waals surface area contributed by atoms with Gasteiger partial charge in [-0.25, -0.2) is 8.78 Å². The average molecular weight is 242 g/mol. The molecule has 0 radical (unpaired) electrons. The Bertz CT molecular complexity index is 404. The van der Waals surface area contributed by atoms with Crippen molar-refractivity contribution < 1.29 is 13.6 Å². The fourth-order valence-electron chi connectivity index (χ4n) is 2.31. The summed E-state index contributed by atoms with van der Waals surface area (Å²) in [6.07, 6.45) is 1.78. The second-order valence-corrected chi connectivity index (χ2v) is 4.53. The summed E-state index contributed by atoms with van der Waals surface area (Å²) in [6.45, 7) is 2.52. The second-order valence-electron chi connectivity index (χ2n) is 4.53. The van der Waals surface area contributed by atoms with Gasteiger partial charge >= 0.3 is 0 Å². The van der Waals surface area contributed by atoms with E-state index in [9.17, 15) is 13.6 Å². The predicted octanol–water partition coefficient (Wildman–Crippen LogP) is 2.91. The zero-order chi connectivity index (χ0) is 12.5. The highest BCUT2D eigenvalue weighted by atomic mass is 19.3. The molecule has 2 rings (SSSR count). The predicted molar refractivity (Wildman–Crippen MR) is 59.1 cm³/mol. The number of nitrogens with zero attached hydrogens (tertiary/aromatic N) is 2. The molecule has 5 heteroatoms. The lowest BCUT2D eigenvalue weighted by molar-refractivity contribution is -0.0425. The van der Waals surface area contributed by atoms with Crippen molar-refractivity contribution in [1.82, 2.24) is 9.78 Å². The van der Waals surface area contributed by atoms with E-state index in [1.165, 1.54) is 0 Å². The van der Waals surface area contributed by atoms with Gasteiger partial charge in [0.15, 0.2) is 5.78 Å². The third-order valence-electron chi connectivity index (χ3n) is 3.36. The first-order valence-electron chi connectivity index (χ1n) is 5.97. The molecule has 0 unspecified atom stereocenters. The van der Waals surface area contributed by atoms with Crippen LogP contribution in [0.5, 0.6) is 0 Å². The van der Waals surface area contributed by atoms with E-state index < -0.39 is 5.92 Å². The highest BCUT2D eigenvalue weighted by Gasteiger charge is 2.38. The van der Waals surface area contributed by atoms with Crippen LogP contribution < -0.4 is 0 Å². The molecule has 1 aliphatic carbocycles.